The van der Waals surface area contributed by atoms with Gasteiger partial charge in [-0.2, -0.15) is 0 Å². The van der Waals surface area contributed by atoms with Crippen LogP contribution in [0.1, 0.15) is 12.0 Å². The largest absolute Gasteiger partial charge is 0.492 e. The lowest BCUT2D eigenvalue weighted by Gasteiger charge is -2.17. The fourth-order valence-electron chi connectivity index (χ4n) is 2.94. The first-order chi connectivity index (χ1) is 13.8. The van der Waals surface area contributed by atoms with E-state index in [4.69, 9.17) is 16.3 Å². The summed E-state index contributed by atoms with van der Waals surface area (Å²) in [5.41, 5.74) is 1.48. The van der Waals surface area contributed by atoms with Gasteiger partial charge in [0.15, 0.2) is 0 Å². The van der Waals surface area contributed by atoms with Gasteiger partial charge in [0.1, 0.15) is 12.4 Å². The van der Waals surface area contributed by atoms with Crippen molar-refractivity contribution in [3.63, 3.8) is 0 Å². The second-order valence-electron chi connectivity index (χ2n) is 6.73. The summed E-state index contributed by atoms with van der Waals surface area (Å²) in [6.07, 6.45) is 3.84. The first kappa shape index (κ1) is 21.2. The third-order valence-electron chi connectivity index (χ3n) is 4.57. The molecule has 154 valence electrons. The Labute approximate surface area is 176 Å². The number of ether oxygens (including phenoxy) is 1. The van der Waals surface area contributed by atoms with Crippen LogP contribution in [0.5, 0.6) is 5.75 Å². The van der Waals surface area contributed by atoms with E-state index in [9.17, 15) is 13.2 Å². The van der Waals surface area contributed by atoms with Crippen LogP contribution < -0.4 is 9.04 Å². The molecule has 0 aliphatic carbocycles. The lowest BCUT2D eigenvalue weighted by molar-refractivity contribution is -0.125. The average Bonchev–Trinajstić information content (AvgIpc) is 3.05. The maximum Gasteiger partial charge on any atom is 0.246 e. The number of nitrogens with zero attached hydrogens (tertiary/aromatic N) is 2. The van der Waals surface area contributed by atoms with Gasteiger partial charge < -0.3 is 9.64 Å². The molecule has 0 saturated carbocycles. The molecule has 29 heavy (non-hydrogen) atoms. The smallest absolute Gasteiger partial charge is 0.246 e. The average molecular weight is 435 g/mol. The van der Waals surface area contributed by atoms with E-state index in [0.717, 1.165) is 5.56 Å². The molecular formula is C21H23ClN2O4S. The van der Waals surface area contributed by atoms with Gasteiger partial charge in [0, 0.05) is 24.7 Å². The molecule has 0 bridgehead atoms. The minimum Gasteiger partial charge on any atom is -0.492 e. The SMILES string of the molecule is CN(CCOc1cccc(Cl)c1)C(=O)/C=C/c1ccc(N2CCCS2(=O)=O)cc1. The summed E-state index contributed by atoms with van der Waals surface area (Å²) in [7, 11) is -1.48. The molecule has 3 rings (SSSR count). The molecule has 2 aromatic rings. The Bertz CT molecular complexity index is 990. The van der Waals surface area contributed by atoms with E-state index in [1.54, 1.807) is 60.5 Å². The highest BCUT2D eigenvalue weighted by atomic mass is 35.5. The molecule has 6 nitrogen and oxygen atoms in total. The molecule has 0 atom stereocenters. The zero-order valence-corrected chi connectivity index (χ0v) is 17.7. The van der Waals surface area contributed by atoms with Crippen LogP contribution in [0.15, 0.2) is 54.6 Å². The molecule has 0 unspecified atom stereocenters. The van der Waals surface area contributed by atoms with E-state index in [-0.39, 0.29) is 11.7 Å². The summed E-state index contributed by atoms with van der Waals surface area (Å²) in [4.78, 5) is 13.8. The van der Waals surface area contributed by atoms with E-state index in [0.29, 0.717) is 42.6 Å². The molecular weight excluding hydrogens is 412 g/mol. The molecule has 1 aliphatic rings. The lowest BCUT2D eigenvalue weighted by Crippen LogP contribution is -2.29. The number of carbonyl (C=O) groups excluding carboxylic acids is 1. The minimum atomic E-state index is -3.19. The van der Waals surface area contributed by atoms with Gasteiger partial charge in [-0.1, -0.05) is 29.8 Å². The summed E-state index contributed by atoms with van der Waals surface area (Å²) in [6.45, 7) is 1.30. The second-order valence-corrected chi connectivity index (χ2v) is 9.18. The predicted octanol–water partition coefficient (Wildman–Crippen LogP) is 3.43. The van der Waals surface area contributed by atoms with Crippen molar-refractivity contribution >= 4 is 39.3 Å². The highest BCUT2D eigenvalue weighted by Gasteiger charge is 2.28. The maximum atomic E-state index is 12.2. The molecule has 1 fully saturated rings. The van der Waals surface area contributed by atoms with Crippen LogP contribution in [0.3, 0.4) is 0 Å². The Hall–Kier alpha value is -2.51. The maximum absolute atomic E-state index is 12.2. The molecule has 1 saturated heterocycles. The van der Waals surface area contributed by atoms with E-state index in [1.807, 2.05) is 6.07 Å². The van der Waals surface area contributed by atoms with Crippen molar-refractivity contribution in [1.82, 2.24) is 4.90 Å². The zero-order chi connectivity index (χ0) is 20.9. The van der Waals surface area contributed by atoms with Crippen molar-refractivity contribution < 1.29 is 17.9 Å². The van der Waals surface area contributed by atoms with Crippen molar-refractivity contribution in [2.45, 2.75) is 6.42 Å². The van der Waals surface area contributed by atoms with Crippen molar-refractivity contribution in [2.75, 3.05) is 36.8 Å². The molecule has 0 N–H and O–H groups in total. The van der Waals surface area contributed by atoms with Crippen molar-refractivity contribution in [2.24, 2.45) is 0 Å². The quantitative estimate of drug-likeness (QED) is 0.626. The standard InChI is InChI=1S/C21H23ClN2O4S/c1-23(13-14-28-20-5-2-4-18(22)16-20)21(25)11-8-17-6-9-19(10-7-17)24-12-3-15-29(24,26)27/h2,4-11,16H,3,12-15H2,1H3/b11-8+. The molecule has 1 amide bonds. The van der Waals surface area contributed by atoms with Gasteiger partial charge in [-0.05, 0) is 48.4 Å². The Kier molecular flexibility index (Phi) is 6.82. The molecule has 1 heterocycles. The fraction of sp³-hybridized carbons (Fsp3) is 0.286. The number of rotatable bonds is 7. The van der Waals surface area contributed by atoms with Crippen molar-refractivity contribution in [1.29, 1.82) is 0 Å². The number of amides is 1. The topological polar surface area (TPSA) is 66.9 Å². The number of sulfonamides is 1. The van der Waals surface area contributed by atoms with Crippen LogP contribution >= 0.6 is 11.6 Å². The molecule has 0 spiro atoms. The van der Waals surface area contributed by atoms with Crippen LogP contribution in [-0.4, -0.2) is 51.7 Å². The summed E-state index contributed by atoms with van der Waals surface area (Å²) >= 11 is 5.91. The Morgan fingerprint density at radius 1 is 1.24 bits per heavy atom. The van der Waals surface area contributed by atoms with Gasteiger partial charge in [-0.3, -0.25) is 9.10 Å². The number of halogens is 1. The summed E-state index contributed by atoms with van der Waals surface area (Å²) in [5, 5.41) is 0.600. The molecule has 2 aromatic carbocycles. The fourth-order valence-corrected chi connectivity index (χ4v) is 4.69. The lowest BCUT2D eigenvalue weighted by atomic mass is 10.2. The van der Waals surface area contributed by atoms with Gasteiger partial charge in [-0.15, -0.1) is 0 Å². The Morgan fingerprint density at radius 3 is 2.66 bits per heavy atom. The number of anilines is 1. The van der Waals surface area contributed by atoms with Crippen LogP contribution in [0.25, 0.3) is 6.08 Å². The third kappa shape index (κ3) is 5.74. The predicted molar refractivity (Wildman–Crippen MR) is 116 cm³/mol. The summed E-state index contributed by atoms with van der Waals surface area (Å²) < 4.78 is 31.0. The van der Waals surface area contributed by atoms with Crippen LogP contribution in [0.4, 0.5) is 5.69 Å². The van der Waals surface area contributed by atoms with Crippen LogP contribution in [0.2, 0.25) is 5.02 Å². The molecule has 0 aromatic heterocycles. The molecule has 8 heteroatoms. The molecule has 0 radical (unpaired) electrons. The van der Waals surface area contributed by atoms with E-state index < -0.39 is 10.0 Å². The second kappa shape index (κ2) is 9.33. The Morgan fingerprint density at radius 2 is 2.00 bits per heavy atom. The zero-order valence-electron chi connectivity index (χ0n) is 16.1. The first-order valence-electron chi connectivity index (χ1n) is 9.27. The Balaban J connectivity index is 1.50. The van der Waals surface area contributed by atoms with Crippen LogP contribution in [-0.2, 0) is 14.8 Å². The molecule has 1 aliphatic heterocycles. The number of likely N-dealkylation sites (N-methyl/N-ethyl adjacent to an activating group) is 1. The van der Waals surface area contributed by atoms with E-state index >= 15 is 0 Å². The highest BCUT2D eigenvalue weighted by Crippen LogP contribution is 2.24. The van der Waals surface area contributed by atoms with Crippen LogP contribution in [0, 0.1) is 0 Å². The first-order valence-corrected chi connectivity index (χ1v) is 11.3. The summed E-state index contributed by atoms with van der Waals surface area (Å²) in [6, 6.07) is 14.2. The number of hydrogen-bond acceptors (Lipinski definition) is 4. The summed E-state index contributed by atoms with van der Waals surface area (Å²) in [5.74, 6) is 0.705. The van der Waals surface area contributed by atoms with Gasteiger partial charge in [0.2, 0.25) is 15.9 Å². The van der Waals surface area contributed by atoms with E-state index in [2.05, 4.69) is 0 Å². The number of benzene rings is 2. The number of hydrogen-bond donors (Lipinski definition) is 0. The number of carbonyl (C=O) groups is 1. The van der Waals surface area contributed by atoms with Crippen molar-refractivity contribution in [3.05, 3.63) is 65.2 Å². The highest BCUT2D eigenvalue weighted by molar-refractivity contribution is 7.93. The van der Waals surface area contributed by atoms with Gasteiger partial charge in [0.05, 0.1) is 18.0 Å². The van der Waals surface area contributed by atoms with Gasteiger partial charge >= 0.3 is 0 Å². The van der Waals surface area contributed by atoms with E-state index in [1.165, 1.54) is 10.4 Å². The van der Waals surface area contributed by atoms with Gasteiger partial charge in [0.25, 0.3) is 0 Å². The monoisotopic (exact) mass is 434 g/mol. The van der Waals surface area contributed by atoms with Crippen molar-refractivity contribution in [3.8, 4) is 5.75 Å². The normalized spacial score (nSPS) is 15.6. The minimum absolute atomic E-state index is 0.147. The van der Waals surface area contributed by atoms with Gasteiger partial charge in [-0.25, -0.2) is 8.42 Å². The third-order valence-corrected chi connectivity index (χ3v) is 6.67.